The molecule has 0 saturated heterocycles. The van der Waals surface area contributed by atoms with Crippen molar-refractivity contribution in [1.29, 1.82) is 0 Å². The Bertz CT molecular complexity index is 1580. The lowest BCUT2D eigenvalue weighted by molar-refractivity contribution is -0.143. The van der Waals surface area contributed by atoms with E-state index in [0.29, 0.717) is 35.8 Å². The molecule has 0 saturated carbocycles. The summed E-state index contributed by atoms with van der Waals surface area (Å²) in [4.78, 5) is 34.6. The lowest BCUT2D eigenvalue weighted by Crippen LogP contribution is -2.38. The van der Waals surface area contributed by atoms with Gasteiger partial charge in [-0.05, 0) is 51.7 Å². The van der Waals surface area contributed by atoms with Crippen LogP contribution in [-0.2, 0) is 37.4 Å². The van der Waals surface area contributed by atoms with Crippen LogP contribution < -0.4 is 5.32 Å². The van der Waals surface area contributed by atoms with E-state index in [4.69, 9.17) is 31.2 Å². The number of carbonyl (C=O) groups excluding carboxylic acids is 2. The number of allylic oxidation sites excluding steroid dienone is 1. The normalized spacial score (nSPS) is 18.7. The first kappa shape index (κ1) is 29.8. The predicted octanol–water partition coefficient (Wildman–Crippen LogP) is 5.28. The Labute approximate surface area is 250 Å². The molecule has 0 spiro atoms. The summed E-state index contributed by atoms with van der Waals surface area (Å²) < 4.78 is 40.8. The molecule has 0 fully saturated rings. The topological polar surface area (TPSA) is 108 Å². The second kappa shape index (κ2) is 11.9. The molecular weight excluding hydrogens is 588 g/mol. The van der Waals surface area contributed by atoms with Crippen LogP contribution in [0.25, 0.3) is 0 Å². The number of hydrogen-bond acceptors (Lipinski definition) is 9. The van der Waals surface area contributed by atoms with Crippen molar-refractivity contribution in [3.63, 3.8) is 0 Å². The number of nitrogens with zero attached hydrogens (tertiary/aromatic N) is 4. The Balaban J connectivity index is 1.59. The van der Waals surface area contributed by atoms with Gasteiger partial charge in [0.25, 0.3) is 0 Å². The van der Waals surface area contributed by atoms with Crippen LogP contribution in [0.2, 0.25) is 5.02 Å². The van der Waals surface area contributed by atoms with E-state index in [1.165, 1.54) is 24.5 Å². The fourth-order valence-electron chi connectivity index (χ4n) is 5.31. The van der Waals surface area contributed by atoms with Gasteiger partial charge in [-0.25, -0.2) is 18.6 Å². The number of aliphatic imine (C=N–C) groups is 1. The van der Waals surface area contributed by atoms with Gasteiger partial charge in [0, 0.05) is 35.0 Å². The van der Waals surface area contributed by atoms with Gasteiger partial charge < -0.3 is 14.8 Å². The van der Waals surface area contributed by atoms with Gasteiger partial charge in [-0.3, -0.25) is 14.5 Å². The number of amidine groups is 1. The maximum Gasteiger partial charge on any atom is 0.338 e. The second-order valence-corrected chi connectivity index (χ2v) is 12.0. The summed E-state index contributed by atoms with van der Waals surface area (Å²) in [5.74, 6) is -3.09. The molecule has 2 aromatic heterocycles. The van der Waals surface area contributed by atoms with Crippen molar-refractivity contribution >= 4 is 40.7 Å². The fraction of sp³-hybridized carbons (Fsp3) is 0.414. The van der Waals surface area contributed by atoms with Crippen LogP contribution in [0.15, 0.2) is 46.2 Å². The summed E-state index contributed by atoms with van der Waals surface area (Å²) in [6.07, 6.45) is 5.48. The van der Waals surface area contributed by atoms with Crippen LogP contribution >= 0.6 is 22.9 Å². The molecule has 9 nitrogen and oxygen atoms in total. The molecule has 2 aliphatic rings. The number of methoxy groups -OCH3 is 1. The van der Waals surface area contributed by atoms with E-state index >= 15 is 0 Å². The number of aromatic nitrogens is 3. The van der Waals surface area contributed by atoms with E-state index in [1.807, 2.05) is 20.0 Å². The molecule has 1 aromatic carbocycles. The Morgan fingerprint density at radius 2 is 2.07 bits per heavy atom. The molecule has 3 heterocycles. The number of fused-ring (bicyclic) bond motifs is 1. The lowest BCUT2D eigenvalue weighted by atomic mass is 9.81. The number of rotatable bonds is 8. The summed E-state index contributed by atoms with van der Waals surface area (Å²) in [7, 11) is 1.35. The second-order valence-electron chi connectivity index (χ2n) is 10.7. The first-order chi connectivity index (χ1) is 20.0. The maximum atomic E-state index is 14.7. The number of benzene rings is 1. The van der Waals surface area contributed by atoms with Gasteiger partial charge in [0.05, 0.1) is 42.0 Å². The Morgan fingerprint density at radius 3 is 2.76 bits per heavy atom. The molecular formula is C29H30ClF2N5O4S. The Morgan fingerprint density at radius 1 is 1.29 bits per heavy atom. The molecule has 0 amide bonds. The molecule has 0 bridgehead atoms. The number of hydrogen-bond donors (Lipinski definition) is 1. The largest absolute Gasteiger partial charge is 0.469 e. The summed E-state index contributed by atoms with van der Waals surface area (Å²) in [6, 6.07) is 1.24. The molecule has 222 valence electrons. The monoisotopic (exact) mass is 617 g/mol. The highest BCUT2D eigenvalue weighted by molar-refractivity contribution is 7.11. The molecule has 3 aromatic rings. The number of esters is 2. The SMILES string of the molecule is CCOC(=O)C1=C(C2CCc3nn(C(C)(C)CC(=O)OC)cc3C2)NC(c2nccs2)=NC1c1ccc(F)c(F)c1Cl. The summed E-state index contributed by atoms with van der Waals surface area (Å²) in [5, 5.41) is 10.0. The van der Waals surface area contributed by atoms with E-state index in [9.17, 15) is 18.4 Å². The van der Waals surface area contributed by atoms with Crippen LogP contribution in [0.5, 0.6) is 0 Å². The van der Waals surface area contributed by atoms with Crippen LogP contribution in [0, 0.1) is 17.6 Å². The molecule has 1 N–H and O–H groups in total. The Hall–Kier alpha value is -3.64. The number of aryl methyl sites for hydroxylation is 1. The minimum Gasteiger partial charge on any atom is -0.469 e. The fourth-order valence-corrected chi connectivity index (χ4v) is 6.16. The van der Waals surface area contributed by atoms with Crippen LogP contribution in [-0.4, -0.2) is 46.3 Å². The molecule has 13 heteroatoms. The number of thiazole rings is 1. The average Bonchev–Trinajstić information content (AvgIpc) is 3.66. The van der Waals surface area contributed by atoms with Crippen LogP contribution in [0.3, 0.4) is 0 Å². The molecule has 5 rings (SSSR count). The van der Waals surface area contributed by atoms with E-state index in [0.717, 1.165) is 17.3 Å². The van der Waals surface area contributed by atoms with Crippen molar-refractivity contribution < 1.29 is 27.8 Å². The maximum absolute atomic E-state index is 14.7. The first-order valence-corrected chi connectivity index (χ1v) is 14.7. The highest BCUT2D eigenvalue weighted by atomic mass is 35.5. The van der Waals surface area contributed by atoms with Crippen molar-refractivity contribution in [2.45, 2.75) is 58.0 Å². The predicted molar refractivity (Wildman–Crippen MR) is 153 cm³/mol. The zero-order chi connectivity index (χ0) is 30.2. The molecule has 2 unspecified atom stereocenters. The van der Waals surface area contributed by atoms with Crippen molar-refractivity contribution in [3.05, 3.63) is 79.7 Å². The standard InChI is InChI=1S/C29H30ClF2N5O4S/c1-5-41-28(39)21-24(15-6-9-19-16(12-15)14-37(36-19)29(2,3)13-20(38)40-4)34-26(27-33-10-11-42-27)35-25(21)17-7-8-18(31)23(32)22(17)30/h7-8,10-11,14-15,25H,5-6,9,12-13H2,1-4H3,(H,34,35). The van der Waals surface area contributed by atoms with Crippen molar-refractivity contribution in [2.24, 2.45) is 10.9 Å². The van der Waals surface area contributed by atoms with E-state index in [-0.39, 0.29) is 36.1 Å². The van der Waals surface area contributed by atoms with E-state index in [2.05, 4.69) is 10.3 Å². The van der Waals surface area contributed by atoms with Crippen molar-refractivity contribution in [1.82, 2.24) is 20.1 Å². The number of halogens is 3. The van der Waals surface area contributed by atoms with Gasteiger partial charge in [-0.1, -0.05) is 17.7 Å². The van der Waals surface area contributed by atoms with Gasteiger partial charge in [-0.15, -0.1) is 11.3 Å². The van der Waals surface area contributed by atoms with Crippen LogP contribution in [0.4, 0.5) is 8.78 Å². The molecule has 1 aliphatic carbocycles. The van der Waals surface area contributed by atoms with Gasteiger partial charge in [-0.2, -0.15) is 5.10 Å². The third-order valence-corrected chi connectivity index (χ3v) is 8.63. The molecule has 42 heavy (non-hydrogen) atoms. The number of ether oxygens (including phenoxy) is 2. The summed E-state index contributed by atoms with van der Waals surface area (Å²) >= 11 is 7.65. The van der Waals surface area contributed by atoms with Gasteiger partial charge >= 0.3 is 11.9 Å². The van der Waals surface area contributed by atoms with Crippen molar-refractivity contribution in [2.75, 3.05) is 13.7 Å². The molecule has 0 radical (unpaired) electrons. The van der Waals surface area contributed by atoms with E-state index in [1.54, 1.807) is 23.2 Å². The lowest BCUT2D eigenvalue weighted by Gasteiger charge is -2.33. The van der Waals surface area contributed by atoms with E-state index < -0.39 is 34.2 Å². The third-order valence-electron chi connectivity index (χ3n) is 7.47. The highest BCUT2D eigenvalue weighted by Gasteiger charge is 2.39. The van der Waals surface area contributed by atoms with Gasteiger partial charge in [0.2, 0.25) is 0 Å². The Kier molecular flexibility index (Phi) is 8.47. The summed E-state index contributed by atoms with van der Waals surface area (Å²) in [6.45, 7) is 5.62. The minimum absolute atomic E-state index is 0.105. The van der Waals surface area contributed by atoms with Gasteiger partial charge in [0.1, 0.15) is 6.04 Å². The average molecular weight is 618 g/mol. The zero-order valence-electron chi connectivity index (χ0n) is 23.5. The zero-order valence-corrected chi connectivity index (χ0v) is 25.1. The minimum atomic E-state index is -1.22. The van der Waals surface area contributed by atoms with Crippen LogP contribution in [0.1, 0.15) is 61.5 Å². The molecule has 2 atom stereocenters. The van der Waals surface area contributed by atoms with Crippen molar-refractivity contribution in [3.8, 4) is 0 Å². The first-order valence-electron chi connectivity index (χ1n) is 13.5. The summed E-state index contributed by atoms with van der Waals surface area (Å²) in [5.41, 5.74) is 2.15. The van der Waals surface area contributed by atoms with Gasteiger partial charge in [0.15, 0.2) is 22.5 Å². The third kappa shape index (κ3) is 5.69. The molecule has 1 aliphatic heterocycles. The smallest absolute Gasteiger partial charge is 0.338 e. The number of carbonyl (C=O) groups is 2. The quantitative estimate of drug-likeness (QED) is 0.271. The number of nitrogens with one attached hydrogen (secondary N) is 1. The highest BCUT2D eigenvalue weighted by Crippen LogP contribution is 2.41.